The van der Waals surface area contributed by atoms with Crippen molar-refractivity contribution in [2.45, 2.75) is 40.5 Å². The molecule has 1 aliphatic rings. The van der Waals surface area contributed by atoms with Gasteiger partial charge in [0.25, 0.3) is 0 Å². The average Bonchev–Trinajstić information content (AvgIpc) is 2.41. The molecule has 3 nitrogen and oxygen atoms in total. The topological polar surface area (TPSA) is 32.3 Å². The Morgan fingerprint density at radius 3 is 2.47 bits per heavy atom. The average molecular weight is 262 g/mol. The van der Waals surface area contributed by atoms with Gasteiger partial charge in [0, 0.05) is 31.4 Å². The largest absolute Gasteiger partial charge is 0.371 e. The number of amides is 1. The summed E-state index contributed by atoms with van der Waals surface area (Å²) in [5.74, 6) is 0.819. The number of anilines is 2. The van der Waals surface area contributed by atoms with Crippen molar-refractivity contribution in [3.63, 3.8) is 0 Å². The summed E-state index contributed by atoms with van der Waals surface area (Å²) in [5, 5.41) is 2.83. The summed E-state index contributed by atoms with van der Waals surface area (Å²) in [6, 6.07) is 8.09. The van der Waals surface area contributed by atoms with Crippen LogP contribution in [0.2, 0.25) is 0 Å². The molecule has 0 bridgehead atoms. The summed E-state index contributed by atoms with van der Waals surface area (Å²) in [5.41, 5.74) is 2.09. The highest BCUT2D eigenvalue weighted by Gasteiger charge is 2.16. The van der Waals surface area contributed by atoms with Gasteiger partial charge in [-0.1, -0.05) is 26.8 Å². The zero-order valence-electron chi connectivity index (χ0n) is 12.6. The second-order valence-electron chi connectivity index (χ2n) is 4.90. The molecule has 0 spiro atoms. The van der Waals surface area contributed by atoms with Crippen LogP contribution in [0, 0.1) is 5.92 Å². The van der Waals surface area contributed by atoms with Crippen LogP contribution < -0.4 is 10.2 Å². The van der Waals surface area contributed by atoms with Crippen LogP contribution in [-0.2, 0) is 4.79 Å². The summed E-state index contributed by atoms with van der Waals surface area (Å²) in [6.45, 7) is 10.1. The zero-order valence-corrected chi connectivity index (χ0v) is 12.6. The number of carbonyl (C=O) groups is 1. The van der Waals surface area contributed by atoms with Gasteiger partial charge >= 0.3 is 0 Å². The van der Waals surface area contributed by atoms with Gasteiger partial charge in [-0.25, -0.2) is 0 Å². The van der Waals surface area contributed by atoms with Gasteiger partial charge in [-0.15, -0.1) is 0 Å². The number of benzene rings is 1. The molecule has 1 aromatic carbocycles. The lowest BCUT2D eigenvalue weighted by atomic mass is 9.99. The van der Waals surface area contributed by atoms with Gasteiger partial charge in [0.15, 0.2) is 0 Å². The zero-order chi connectivity index (χ0) is 14.3. The fourth-order valence-corrected chi connectivity index (χ4v) is 2.25. The Kier molecular flexibility index (Phi) is 6.40. The van der Waals surface area contributed by atoms with Crippen LogP contribution in [0.15, 0.2) is 24.3 Å². The molecule has 3 heteroatoms. The molecular weight excluding hydrogens is 236 g/mol. The van der Waals surface area contributed by atoms with Crippen molar-refractivity contribution in [2.24, 2.45) is 5.92 Å². The predicted molar refractivity (Wildman–Crippen MR) is 82.7 cm³/mol. The van der Waals surface area contributed by atoms with E-state index in [9.17, 15) is 4.79 Å². The molecule has 0 atom stereocenters. The molecule has 1 N–H and O–H groups in total. The highest BCUT2D eigenvalue weighted by Crippen LogP contribution is 2.25. The predicted octanol–water partition coefficient (Wildman–Crippen LogP) is 3.91. The van der Waals surface area contributed by atoms with E-state index in [4.69, 9.17) is 0 Å². The molecule has 0 radical (unpaired) electrons. The summed E-state index contributed by atoms with van der Waals surface area (Å²) >= 11 is 0. The number of piperidine rings is 1. The normalized spacial score (nSPS) is 15.5. The second-order valence-corrected chi connectivity index (χ2v) is 4.90. The maximum absolute atomic E-state index is 11.0. The highest BCUT2D eigenvalue weighted by atomic mass is 16.1. The van der Waals surface area contributed by atoms with E-state index >= 15 is 0 Å². The van der Waals surface area contributed by atoms with Crippen LogP contribution >= 0.6 is 0 Å². The molecule has 1 heterocycles. The van der Waals surface area contributed by atoms with Crippen molar-refractivity contribution in [3.8, 4) is 0 Å². The Morgan fingerprint density at radius 2 is 1.89 bits per heavy atom. The van der Waals surface area contributed by atoms with E-state index in [1.165, 1.54) is 25.5 Å². The van der Waals surface area contributed by atoms with Gasteiger partial charge in [-0.05, 0) is 37.0 Å². The molecule has 2 rings (SSSR count). The van der Waals surface area contributed by atoms with E-state index in [1.807, 2.05) is 26.0 Å². The third-order valence-corrected chi connectivity index (χ3v) is 3.32. The van der Waals surface area contributed by atoms with Crippen LogP contribution in [0.25, 0.3) is 0 Å². The standard InChI is InChI=1S/C14H20N2O.C2H6/c1-11-6-8-16(9-7-11)14-5-3-4-13(10-14)15-12(2)17;1-2/h3-5,10-11H,6-9H2,1-2H3,(H,15,17);1-2H3. The van der Waals surface area contributed by atoms with Gasteiger partial charge in [-0.3, -0.25) is 4.79 Å². The molecule has 106 valence electrons. The Bertz CT molecular complexity index is 395. The monoisotopic (exact) mass is 262 g/mol. The first-order valence-electron chi connectivity index (χ1n) is 7.28. The smallest absolute Gasteiger partial charge is 0.221 e. The van der Waals surface area contributed by atoms with Crippen molar-refractivity contribution in [3.05, 3.63) is 24.3 Å². The number of rotatable bonds is 2. The third kappa shape index (κ3) is 4.93. The molecule has 0 aromatic heterocycles. The van der Waals surface area contributed by atoms with Crippen molar-refractivity contribution >= 4 is 17.3 Å². The summed E-state index contributed by atoms with van der Waals surface area (Å²) < 4.78 is 0. The first kappa shape index (κ1) is 15.5. The first-order valence-corrected chi connectivity index (χ1v) is 7.28. The fraction of sp³-hybridized carbons (Fsp3) is 0.562. The van der Waals surface area contributed by atoms with E-state index in [2.05, 4.69) is 29.3 Å². The molecule has 0 unspecified atom stereocenters. The minimum atomic E-state index is -0.0191. The molecule has 19 heavy (non-hydrogen) atoms. The van der Waals surface area contributed by atoms with Gasteiger partial charge in [0.05, 0.1) is 0 Å². The molecule has 0 saturated carbocycles. The molecule has 0 aliphatic carbocycles. The Morgan fingerprint density at radius 1 is 1.26 bits per heavy atom. The maximum atomic E-state index is 11.0. The Hall–Kier alpha value is -1.51. The van der Waals surface area contributed by atoms with E-state index in [0.29, 0.717) is 0 Å². The highest BCUT2D eigenvalue weighted by molar-refractivity contribution is 5.89. The summed E-state index contributed by atoms with van der Waals surface area (Å²) in [6.07, 6.45) is 2.51. The van der Waals surface area contributed by atoms with Crippen LogP contribution in [0.3, 0.4) is 0 Å². The molecule has 1 amide bonds. The minimum absolute atomic E-state index is 0.0191. The summed E-state index contributed by atoms with van der Waals surface area (Å²) in [4.78, 5) is 13.4. The van der Waals surface area contributed by atoms with Crippen LogP contribution in [-0.4, -0.2) is 19.0 Å². The van der Waals surface area contributed by atoms with Gasteiger partial charge in [0.1, 0.15) is 0 Å². The maximum Gasteiger partial charge on any atom is 0.221 e. The molecule has 1 aromatic rings. The Balaban J connectivity index is 0.000000861. The van der Waals surface area contributed by atoms with Crippen LogP contribution in [0.4, 0.5) is 11.4 Å². The van der Waals surface area contributed by atoms with Crippen molar-refractivity contribution < 1.29 is 4.79 Å². The van der Waals surface area contributed by atoms with Gasteiger partial charge < -0.3 is 10.2 Å². The van der Waals surface area contributed by atoms with Gasteiger partial charge in [-0.2, -0.15) is 0 Å². The SMILES string of the molecule is CC.CC(=O)Nc1cccc(N2CCC(C)CC2)c1. The Labute approximate surface area is 117 Å². The van der Waals surface area contributed by atoms with E-state index in [-0.39, 0.29) is 5.91 Å². The van der Waals surface area contributed by atoms with Crippen molar-refractivity contribution in [2.75, 3.05) is 23.3 Å². The number of hydrogen-bond acceptors (Lipinski definition) is 2. The fourth-order valence-electron chi connectivity index (χ4n) is 2.25. The molecular formula is C16H26N2O. The quantitative estimate of drug-likeness (QED) is 0.876. The minimum Gasteiger partial charge on any atom is -0.371 e. The molecule has 1 fully saturated rings. The lowest BCUT2D eigenvalue weighted by Gasteiger charge is -2.32. The lowest BCUT2D eigenvalue weighted by Crippen LogP contribution is -2.32. The summed E-state index contributed by atoms with van der Waals surface area (Å²) in [7, 11) is 0. The van der Waals surface area contributed by atoms with E-state index in [1.54, 1.807) is 0 Å². The van der Waals surface area contributed by atoms with E-state index in [0.717, 1.165) is 24.7 Å². The number of nitrogens with one attached hydrogen (secondary N) is 1. The van der Waals surface area contributed by atoms with E-state index < -0.39 is 0 Å². The third-order valence-electron chi connectivity index (χ3n) is 3.32. The number of hydrogen-bond donors (Lipinski definition) is 1. The molecule has 1 saturated heterocycles. The second kappa shape index (κ2) is 7.82. The molecule has 1 aliphatic heterocycles. The van der Waals surface area contributed by atoms with Gasteiger partial charge in [0.2, 0.25) is 5.91 Å². The van der Waals surface area contributed by atoms with Crippen LogP contribution in [0.5, 0.6) is 0 Å². The first-order chi connectivity index (χ1) is 9.15. The van der Waals surface area contributed by atoms with Crippen LogP contribution in [0.1, 0.15) is 40.5 Å². The number of carbonyl (C=O) groups excluding carboxylic acids is 1. The van der Waals surface area contributed by atoms with Crippen molar-refractivity contribution in [1.82, 2.24) is 0 Å². The van der Waals surface area contributed by atoms with Crippen molar-refractivity contribution in [1.29, 1.82) is 0 Å². The number of nitrogens with zero attached hydrogens (tertiary/aromatic N) is 1. The lowest BCUT2D eigenvalue weighted by molar-refractivity contribution is -0.114.